The van der Waals surface area contributed by atoms with Gasteiger partial charge in [-0.3, -0.25) is 9.79 Å². The van der Waals surface area contributed by atoms with E-state index >= 15 is 4.39 Å². The largest absolute Gasteiger partial charge is 0.467 e. The van der Waals surface area contributed by atoms with Crippen LogP contribution in [0, 0.1) is 25.5 Å². The Labute approximate surface area is 202 Å². The van der Waals surface area contributed by atoms with E-state index in [2.05, 4.69) is 21.5 Å². The van der Waals surface area contributed by atoms with Crippen LogP contribution in [0.3, 0.4) is 0 Å². The Kier molecular flexibility index (Phi) is 6.77. The number of methoxy groups -OCH3 is 1. The van der Waals surface area contributed by atoms with Gasteiger partial charge in [0.05, 0.1) is 12.8 Å². The fourth-order valence-electron chi connectivity index (χ4n) is 4.42. The number of carbonyl (C=O) groups is 1. The number of fused-ring (bicyclic) bond motifs is 1. The van der Waals surface area contributed by atoms with Gasteiger partial charge in [0.25, 0.3) is 0 Å². The number of anilines is 1. The van der Waals surface area contributed by atoms with Crippen molar-refractivity contribution in [2.24, 2.45) is 4.99 Å². The summed E-state index contributed by atoms with van der Waals surface area (Å²) in [4.78, 5) is 28.8. The van der Waals surface area contributed by atoms with E-state index in [4.69, 9.17) is 4.74 Å². The second-order valence-corrected chi connectivity index (χ2v) is 8.28. The molecule has 0 atom stereocenters. The molecule has 0 N–H and O–H groups in total. The molecule has 1 saturated heterocycles. The number of aromatic nitrogens is 2. The molecular formula is C26H27F2N5O2. The monoisotopic (exact) mass is 479 g/mol. The number of aryl methyl sites for hydroxylation is 1. The van der Waals surface area contributed by atoms with Crippen molar-refractivity contribution in [2.45, 2.75) is 20.8 Å². The summed E-state index contributed by atoms with van der Waals surface area (Å²) in [7, 11) is 1.43. The summed E-state index contributed by atoms with van der Waals surface area (Å²) in [6, 6.07) is 4.73. The second-order valence-electron chi connectivity index (χ2n) is 8.28. The van der Waals surface area contributed by atoms with Gasteiger partial charge in [-0.25, -0.2) is 8.78 Å². The first-order valence-corrected chi connectivity index (χ1v) is 11.3. The van der Waals surface area contributed by atoms with Crippen molar-refractivity contribution < 1.29 is 18.3 Å². The van der Waals surface area contributed by atoms with Gasteiger partial charge in [-0.05, 0) is 50.6 Å². The summed E-state index contributed by atoms with van der Waals surface area (Å²) in [6.07, 6.45) is 2.85. The molecule has 35 heavy (non-hydrogen) atoms. The van der Waals surface area contributed by atoms with Crippen molar-refractivity contribution in [3.63, 3.8) is 0 Å². The van der Waals surface area contributed by atoms with Crippen LogP contribution in [0.25, 0.3) is 22.0 Å². The smallest absolute Gasteiger partial charge is 0.318 e. The predicted octanol–water partition coefficient (Wildman–Crippen LogP) is 4.76. The standard InChI is InChI=1S/C26H27F2N5O2/c1-6-20(34)32-10-12-33(13-11-32)25-18-14-15(3)21(22(28)24(18)30-26(31-25)35-5)17-8-9-19(27)16(4)23(17)29-7-2/h6-9,14H,1,10-13H2,2-5H3. The minimum atomic E-state index is -0.555. The van der Waals surface area contributed by atoms with Crippen LogP contribution in [0.15, 0.2) is 35.8 Å². The first-order valence-electron chi connectivity index (χ1n) is 11.3. The Bertz CT molecular complexity index is 1350. The maximum atomic E-state index is 16.2. The molecule has 1 aliphatic heterocycles. The topological polar surface area (TPSA) is 70.9 Å². The molecule has 1 aromatic heterocycles. The van der Waals surface area contributed by atoms with E-state index in [1.807, 2.05) is 11.0 Å². The van der Waals surface area contributed by atoms with Crippen molar-refractivity contribution in [3.05, 3.63) is 53.6 Å². The van der Waals surface area contributed by atoms with E-state index in [-0.39, 0.29) is 17.4 Å². The molecule has 1 fully saturated rings. The molecule has 1 aliphatic rings. The van der Waals surface area contributed by atoms with E-state index in [9.17, 15) is 9.18 Å². The molecule has 4 rings (SSSR count). The first-order chi connectivity index (χ1) is 16.8. The minimum Gasteiger partial charge on any atom is -0.467 e. The number of piperazine rings is 1. The van der Waals surface area contributed by atoms with E-state index < -0.39 is 11.6 Å². The molecular weight excluding hydrogens is 452 g/mol. The fourth-order valence-corrected chi connectivity index (χ4v) is 4.42. The lowest BCUT2D eigenvalue weighted by Gasteiger charge is -2.35. The molecule has 0 bridgehead atoms. The molecule has 9 heteroatoms. The lowest BCUT2D eigenvalue weighted by atomic mass is 9.94. The van der Waals surface area contributed by atoms with Crippen LogP contribution in [0.5, 0.6) is 6.01 Å². The summed E-state index contributed by atoms with van der Waals surface area (Å²) in [5.74, 6) is -0.552. The summed E-state index contributed by atoms with van der Waals surface area (Å²) in [5, 5.41) is 0.535. The van der Waals surface area contributed by atoms with Crippen LogP contribution in [-0.4, -0.2) is 60.3 Å². The van der Waals surface area contributed by atoms with Gasteiger partial charge in [0.2, 0.25) is 5.91 Å². The lowest BCUT2D eigenvalue weighted by molar-refractivity contribution is -0.126. The summed E-state index contributed by atoms with van der Waals surface area (Å²) < 4.78 is 35.7. The predicted molar refractivity (Wildman–Crippen MR) is 134 cm³/mol. The highest BCUT2D eigenvalue weighted by atomic mass is 19.1. The van der Waals surface area contributed by atoms with Gasteiger partial charge in [-0.2, -0.15) is 9.97 Å². The van der Waals surface area contributed by atoms with Crippen molar-refractivity contribution in [3.8, 4) is 17.1 Å². The molecule has 7 nitrogen and oxygen atoms in total. The Morgan fingerprint density at radius 1 is 1.17 bits per heavy atom. The number of rotatable bonds is 5. The second kappa shape index (κ2) is 9.77. The van der Waals surface area contributed by atoms with Gasteiger partial charge in [0.15, 0.2) is 5.82 Å². The SMILES string of the molecule is C=CC(=O)N1CCN(c2nc(OC)nc3c(F)c(-c4ccc(F)c(C)c4N=CC)c(C)cc23)CC1. The third-order valence-electron chi connectivity index (χ3n) is 6.23. The number of nitrogens with zero attached hydrogens (tertiary/aromatic N) is 5. The van der Waals surface area contributed by atoms with E-state index in [1.54, 1.807) is 31.9 Å². The fraction of sp³-hybridized carbons (Fsp3) is 0.308. The number of aliphatic imine (C=N–C) groups is 1. The van der Waals surface area contributed by atoms with Gasteiger partial charge in [-0.15, -0.1) is 0 Å². The summed E-state index contributed by atoms with van der Waals surface area (Å²) in [6.45, 7) is 10.7. The number of benzene rings is 2. The zero-order valence-electron chi connectivity index (χ0n) is 20.2. The minimum absolute atomic E-state index is 0.0351. The van der Waals surface area contributed by atoms with Crippen LogP contribution in [0.2, 0.25) is 0 Å². The van der Waals surface area contributed by atoms with Crippen LogP contribution < -0.4 is 9.64 Å². The quantitative estimate of drug-likeness (QED) is 0.390. The highest BCUT2D eigenvalue weighted by Crippen LogP contribution is 2.41. The molecule has 182 valence electrons. The Balaban J connectivity index is 1.89. The zero-order chi connectivity index (χ0) is 25.3. The molecule has 0 unspecified atom stereocenters. The van der Waals surface area contributed by atoms with Crippen molar-refractivity contribution in [1.82, 2.24) is 14.9 Å². The van der Waals surface area contributed by atoms with Crippen molar-refractivity contribution in [2.75, 3.05) is 38.2 Å². The summed E-state index contributed by atoms with van der Waals surface area (Å²) >= 11 is 0. The molecule has 2 aromatic carbocycles. The third kappa shape index (κ3) is 4.34. The van der Waals surface area contributed by atoms with Crippen molar-refractivity contribution in [1.29, 1.82) is 0 Å². The van der Waals surface area contributed by atoms with Crippen LogP contribution in [0.4, 0.5) is 20.3 Å². The van der Waals surface area contributed by atoms with Crippen LogP contribution in [0.1, 0.15) is 18.1 Å². The molecule has 0 radical (unpaired) electrons. The van der Waals surface area contributed by atoms with Crippen LogP contribution in [-0.2, 0) is 4.79 Å². The number of halogens is 2. The maximum Gasteiger partial charge on any atom is 0.318 e. The van der Waals surface area contributed by atoms with E-state index in [1.165, 1.54) is 25.3 Å². The molecule has 3 aromatic rings. The van der Waals surface area contributed by atoms with Gasteiger partial charge < -0.3 is 14.5 Å². The first kappa shape index (κ1) is 24.3. The molecule has 2 heterocycles. The maximum absolute atomic E-state index is 16.2. The van der Waals surface area contributed by atoms with E-state index in [0.717, 1.165) is 0 Å². The average molecular weight is 480 g/mol. The number of amides is 1. The Morgan fingerprint density at radius 3 is 2.51 bits per heavy atom. The molecule has 0 saturated carbocycles. The van der Waals surface area contributed by atoms with Crippen molar-refractivity contribution >= 4 is 34.5 Å². The number of ether oxygens (including phenoxy) is 1. The molecule has 0 spiro atoms. The lowest BCUT2D eigenvalue weighted by Crippen LogP contribution is -2.48. The number of carbonyl (C=O) groups excluding carboxylic acids is 1. The van der Waals surface area contributed by atoms with Crippen LogP contribution >= 0.6 is 0 Å². The third-order valence-corrected chi connectivity index (χ3v) is 6.23. The summed E-state index contributed by atoms with van der Waals surface area (Å²) in [5.41, 5.74) is 2.24. The Hall–Kier alpha value is -3.88. The highest BCUT2D eigenvalue weighted by Gasteiger charge is 2.26. The molecule has 1 amide bonds. The Morgan fingerprint density at radius 2 is 1.89 bits per heavy atom. The molecule has 0 aliphatic carbocycles. The normalized spacial score (nSPS) is 14.1. The number of hydrogen-bond donors (Lipinski definition) is 0. The van der Waals surface area contributed by atoms with Gasteiger partial charge in [0.1, 0.15) is 17.2 Å². The highest BCUT2D eigenvalue weighted by molar-refractivity contribution is 5.97. The van der Waals surface area contributed by atoms with Gasteiger partial charge in [-0.1, -0.05) is 6.58 Å². The van der Waals surface area contributed by atoms with Gasteiger partial charge >= 0.3 is 6.01 Å². The number of hydrogen-bond acceptors (Lipinski definition) is 6. The van der Waals surface area contributed by atoms with Gasteiger partial charge in [0, 0.05) is 54.5 Å². The average Bonchev–Trinajstić information content (AvgIpc) is 2.87. The zero-order valence-corrected chi connectivity index (χ0v) is 20.2. The van der Waals surface area contributed by atoms with E-state index in [0.29, 0.717) is 65.3 Å².